The Kier molecular flexibility index (Phi) is 4.31. The van der Waals surface area contributed by atoms with Crippen molar-refractivity contribution in [2.24, 2.45) is 0 Å². The van der Waals surface area contributed by atoms with Crippen molar-refractivity contribution in [1.82, 2.24) is 14.9 Å². The zero-order valence-electron chi connectivity index (χ0n) is 14.8. The molecule has 0 spiro atoms. The molecule has 3 aromatic rings. The first-order valence-electron chi connectivity index (χ1n) is 8.65. The second kappa shape index (κ2) is 6.79. The molecule has 0 aliphatic carbocycles. The number of rotatable bonds is 3. The number of hydrogen-bond donors (Lipinski definition) is 2. The molecule has 0 radical (unpaired) electrons. The Morgan fingerprint density at radius 1 is 1.11 bits per heavy atom. The minimum atomic E-state index is -0.349. The van der Waals surface area contributed by atoms with Crippen LogP contribution in [0.2, 0.25) is 0 Å². The Morgan fingerprint density at radius 2 is 1.89 bits per heavy atom. The van der Waals surface area contributed by atoms with E-state index in [0.717, 1.165) is 5.69 Å². The molecule has 1 aliphatic rings. The highest BCUT2D eigenvalue weighted by molar-refractivity contribution is 6.04. The maximum absolute atomic E-state index is 13.4. The third kappa shape index (κ3) is 3.14. The summed E-state index contributed by atoms with van der Waals surface area (Å²) in [7, 11) is 1.51. The highest BCUT2D eigenvalue weighted by Gasteiger charge is 2.25. The molecule has 2 N–H and O–H groups in total. The van der Waals surface area contributed by atoms with E-state index in [0.29, 0.717) is 48.5 Å². The van der Waals surface area contributed by atoms with Crippen LogP contribution in [-0.2, 0) is 0 Å². The molecule has 8 heteroatoms. The lowest BCUT2D eigenvalue weighted by Gasteiger charge is -2.36. The number of H-pyrrole nitrogens is 2. The highest BCUT2D eigenvalue weighted by atomic mass is 19.1. The number of benzene rings is 2. The van der Waals surface area contributed by atoms with Gasteiger partial charge in [-0.15, -0.1) is 0 Å². The molecule has 140 valence electrons. The third-order valence-electron chi connectivity index (χ3n) is 4.83. The molecule has 1 aromatic heterocycles. The first kappa shape index (κ1) is 17.1. The summed E-state index contributed by atoms with van der Waals surface area (Å²) >= 11 is 0. The van der Waals surface area contributed by atoms with Gasteiger partial charge >= 0.3 is 5.69 Å². The molecule has 0 atom stereocenters. The SMILES string of the molecule is COc1cc(F)ccc1N1CCN(C(=O)c2cccc3[nH]c(=O)[nH]c23)CC1. The molecular formula is C19H19FN4O3. The fraction of sp³-hybridized carbons (Fsp3) is 0.263. The van der Waals surface area contributed by atoms with Crippen LogP contribution >= 0.6 is 0 Å². The molecule has 0 saturated carbocycles. The molecular weight excluding hydrogens is 351 g/mol. The zero-order chi connectivity index (χ0) is 19.0. The van der Waals surface area contributed by atoms with Crippen LogP contribution in [0.5, 0.6) is 5.75 Å². The summed E-state index contributed by atoms with van der Waals surface area (Å²) in [5.74, 6) is 0.00372. The molecule has 2 aromatic carbocycles. The zero-order valence-corrected chi connectivity index (χ0v) is 14.8. The number of carbonyl (C=O) groups excluding carboxylic acids is 1. The number of para-hydroxylation sites is 1. The lowest BCUT2D eigenvalue weighted by molar-refractivity contribution is 0.0748. The predicted octanol–water partition coefficient (Wildman–Crippen LogP) is 1.97. The van der Waals surface area contributed by atoms with Crippen LogP contribution in [0.4, 0.5) is 10.1 Å². The van der Waals surface area contributed by atoms with Crippen LogP contribution in [0.25, 0.3) is 11.0 Å². The van der Waals surface area contributed by atoms with Crippen molar-refractivity contribution in [3.63, 3.8) is 0 Å². The van der Waals surface area contributed by atoms with Gasteiger partial charge < -0.3 is 24.5 Å². The molecule has 7 nitrogen and oxygen atoms in total. The number of imidazole rings is 1. The average Bonchev–Trinajstić information content (AvgIpc) is 3.07. The van der Waals surface area contributed by atoms with E-state index in [-0.39, 0.29) is 17.4 Å². The maximum atomic E-state index is 13.4. The number of methoxy groups -OCH3 is 1. The molecule has 0 bridgehead atoms. The quantitative estimate of drug-likeness (QED) is 0.739. The molecule has 1 amide bonds. The third-order valence-corrected chi connectivity index (χ3v) is 4.83. The lowest BCUT2D eigenvalue weighted by Crippen LogP contribution is -2.49. The van der Waals surface area contributed by atoms with Crippen LogP contribution in [0.1, 0.15) is 10.4 Å². The molecule has 1 saturated heterocycles. The van der Waals surface area contributed by atoms with Crippen molar-refractivity contribution in [2.45, 2.75) is 0 Å². The van der Waals surface area contributed by atoms with Gasteiger partial charge in [-0.25, -0.2) is 9.18 Å². The number of piperazine rings is 1. The smallest absolute Gasteiger partial charge is 0.323 e. The maximum Gasteiger partial charge on any atom is 0.323 e. The highest BCUT2D eigenvalue weighted by Crippen LogP contribution is 2.30. The van der Waals surface area contributed by atoms with E-state index in [1.54, 1.807) is 29.2 Å². The Bertz CT molecular complexity index is 1050. The summed E-state index contributed by atoms with van der Waals surface area (Å²) in [6.45, 7) is 2.25. The standard InChI is InChI=1S/C19H19FN4O3/c1-27-16-11-12(20)5-6-15(16)23-7-9-24(10-8-23)18(25)13-3-2-4-14-17(13)22-19(26)21-14/h2-6,11H,7-10H2,1H3,(H2,21,22,26). The summed E-state index contributed by atoms with van der Waals surface area (Å²) in [6.07, 6.45) is 0. The normalized spacial score (nSPS) is 14.6. The number of amides is 1. The van der Waals surface area contributed by atoms with Crippen LogP contribution in [-0.4, -0.2) is 54.1 Å². The first-order chi connectivity index (χ1) is 13.1. The number of aromatic nitrogens is 2. The van der Waals surface area contributed by atoms with Gasteiger partial charge in [0.05, 0.1) is 29.4 Å². The number of ether oxygens (including phenoxy) is 1. The fourth-order valence-corrected chi connectivity index (χ4v) is 3.47. The predicted molar refractivity (Wildman–Crippen MR) is 100.0 cm³/mol. The second-order valence-corrected chi connectivity index (χ2v) is 6.40. The Labute approximate surface area is 154 Å². The Hall–Kier alpha value is -3.29. The molecule has 0 unspecified atom stereocenters. The molecule has 1 fully saturated rings. The van der Waals surface area contributed by atoms with Gasteiger partial charge in [0, 0.05) is 32.2 Å². The first-order valence-corrected chi connectivity index (χ1v) is 8.65. The van der Waals surface area contributed by atoms with Crippen LogP contribution in [0.15, 0.2) is 41.2 Å². The number of carbonyl (C=O) groups is 1. The van der Waals surface area contributed by atoms with Crippen molar-refractivity contribution in [3.05, 3.63) is 58.3 Å². The van der Waals surface area contributed by atoms with E-state index >= 15 is 0 Å². The van der Waals surface area contributed by atoms with Gasteiger partial charge in [-0.05, 0) is 24.3 Å². The van der Waals surface area contributed by atoms with Crippen molar-refractivity contribution < 1.29 is 13.9 Å². The van der Waals surface area contributed by atoms with E-state index in [1.807, 2.05) is 0 Å². The van der Waals surface area contributed by atoms with Crippen molar-refractivity contribution in [1.29, 1.82) is 0 Å². The summed E-state index contributed by atoms with van der Waals surface area (Å²) < 4.78 is 18.7. The monoisotopic (exact) mass is 370 g/mol. The summed E-state index contributed by atoms with van der Waals surface area (Å²) in [5.41, 5.74) is 2.08. The van der Waals surface area contributed by atoms with Crippen LogP contribution < -0.4 is 15.3 Å². The van der Waals surface area contributed by atoms with E-state index in [2.05, 4.69) is 14.9 Å². The van der Waals surface area contributed by atoms with Crippen LogP contribution in [0, 0.1) is 5.82 Å². The van der Waals surface area contributed by atoms with E-state index in [9.17, 15) is 14.0 Å². The van der Waals surface area contributed by atoms with Gasteiger partial charge in [0.25, 0.3) is 5.91 Å². The molecule has 1 aliphatic heterocycles. The molecule has 2 heterocycles. The summed E-state index contributed by atoms with van der Waals surface area (Å²) in [6, 6.07) is 9.66. The topological polar surface area (TPSA) is 81.4 Å². The number of nitrogens with one attached hydrogen (secondary N) is 2. The number of hydrogen-bond acceptors (Lipinski definition) is 4. The van der Waals surface area contributed by atoms with Gasteiger partial charge in [0.2, 0.25) is 0 Å². The Morgan fingerprint density at radius 3 is 2.63 bits per heavy atom. The van der Waals surface area contributed by atoms with Crippen molar-refractivity contribution in [3.8, 4) is 5.75 Å². The molecule has 27 heavy (non-hydrogen) atoms. The number of aromatic amines is 2. The molecule has 4 rings (SSSR count). The van der Waals surface area contributed by atoms with Crippen molar-refractivity contribution in [2.75, 3.05) is 38.2 Å². The number of fused-ring (bicyclic) bond motifs is 1. The van der Waals surface area contributed by atoms with Crippen LogP contribution in [0.3, 0.4) is 0 Å². The van der Waals surface area contributed by atoms with E-state index < -0.39 is 0 Å². The van der Waals surface area contributed by atoms with Gasteiger partial charge in [-0.2, -0.15) is 0 Å². The summed E-state index contributed by atoms with van der Waals surface area (Å²) in [5, 5.41) is 0. The van der Waals surface area contributed by atoms with Gasteiger partial charge in [-0.1, -0.05) is 6.07 Å². The average molecular weight is 370 g/mol. The van der Waals surface area contributed by atoms with Crippen molar-refractivity contribution >= 4 is 22.6 Å². The van der Waals surface area contributed by atoms with Gasteiger partial charge in [0.15, 0.2) is 0 Å². The van der Waals surface area contributed by atoms with E-state index in [4.69, 9.17) is 4.74 Å². The minimum Gasteiger partial charge on any atom is -0.494 e. The lowest BCUT2D eigenvalue weighted by atomic mass is 10.1. The minimum absolute atomic E-state index is 0.124. The Balaban J connectivity index is 1.52. The fourth-order valence-electron chi connectivity index (χ4n) is 3.47. The summed E-state index contributed by atoms with van der Waals surface area (Å²) in [4.78, 5) is 33.6. The second-order valence-electron chi connectivity index (χ2n) is 6.40. The van der Waals surface area contributed by atoms with Gasteiger partial charge in [-0.3, -0.25) is 4.79 Å². The van der Waals surface area contributed by atoms with Gasteiger partial charge in [0.1, 0.15) is 11.6 Å². The number of anilines is 1. The largest absolute Gasteiger partial charge is 0.494 e. The van der Waals surface area contributed by atoms with E-state index in [1.165, 1.54) is 19.2 Å². The number of halogens is 1. The number of nitrogens with zero attached hydrogens (tertiary/aromatic N) is 2.